The summed E-state index contributed by atoms with van der Waals surface area (Å²) in [5, 5.41) is 2.81. The first kappa shape index (κ1) is 20.6. The Morgan fingerprint density at radius 3 is 2.70 bits per heavy atom. The molecule has 0 fully saturated rings. The van der Waals surface area contributed by atoms with E-state index >= 15 is 0 Å². The number of hydrogen-bond donors (Lipinski definition) is 3. The molecule has 0 unspecified atom stereocenters. The van der Waals surface area contributed by atoms with Gasteiger partial charge >= 0.3 is 0 Å². The van der Waals surface area contributed by atoms with Gasteiger partial charge in [0.2, 0.25) is 15.9 Å². The van der Waals surface area contributed by atoms with Crippen LogP contribution in [0.2, 0.25) is 0 Å². The zero-order chi connectivity index (χ0) is 21.0. The van der Waals surface area contributed by atoms with E-state index in [2.05, 4.69) is 20.0 Å². The minimum Gasteiger partial charge on any atom is -0.349 e. The maximum atomic E-state index is 12.5. The van der Waals surface area contributed by atoms with Crippen LogP contribution in [0.3, 0.4) is 0 Å². The van der Waals surface area contributed by atoms with E-state index < -0.39 is 10.0 Å². The second kappa shape index (κ2) is 8.97. The summed E-state index contributed by atoms with van der Waals surface area (Å²) >= 11 is 0. The third-order valence-electron chi connectivity index (χ3n) is 5.39. The van der Waals surface area contributed by atoms with Gasteiger partial charge in [0, 0.05) is 13.0 Å². The largest absolute Gasteiger partial charge is 0.349 e. The SMILES string of the molecule is O=C(CCCNS(=O)(=O)c1ccc2c(c1)CCCC2)NCc1nc2ccccc2[nH]1. The Balaban J connectivity index is 1.22. The van der Waals surface area contributed by atoms with Crippen molar-refractivity contribution in [2.24, 2.45) is 0 Å². The van der Waals surface area contributed by atoms with Crippen LogP contribution in [-0.4, -0.2) is 30.8 Å². The molecule has 1 amide bonds. The molecule has 4 rings (SSSR count). The highest BCUT2D eigenvalue weighted by Gasteiger charge is 2.17. The van der Waals surface area contributed by atoms with Gasteiger partial charge in [-0.1, -0.05) is 18.2 Å². The molecule has 3 aromatic rings. The van der Waals surface area contributed by atoms with Crippen molar-refractivity contribution in [3.8, 4) is 0 Å². The van der Waals surface area contributed by atoms with Crippen LogP contribution in [0, 0.1) is 0 Å². The van der Waals surface area contributed by atoms with E-state index in [0.29, 0.717) is 23.7 Å². The highest BCUT2D eigenvalue weighted by atomic mass is 32.2. The number of para-hydroxylation sites is 2. The minimum absolute atomic E-state index is 0.136. The number of rotatable bonds is 8. The number of hydrogen-bond acceptors (Lipinski definition) is 4. The maximum absolute atomic E-state index is 12.5. The lowest BCUT2D eigenvalue weighted by atomic mass is 9.92. The van der Waals surface area contributed by atoms with Crippen LogP contribution in [-0.2, 0) is 34.2 Å². The van der Waals surface area contributed by atoms with E-state index in [1.807, 2.05) is 30.3 Å². The zero-order valence-corrected chi connectivity index (χ0v) is 17.6. The van der Waals surface area contributed by atoms with E-state index in [1.165, 1.54) is 5.56 Å². The van der Waals surface area contributed by atoms with Crippen molar-refractivity contribution in [1.82, 2.24) is 20.0 Å². The highest BCUT2D eigenvalue weighted by molar-refractivity contribution is 7.89. The predicted molar refractivity (Wildman–Crippen MR) is 115 cm³/mol. The first-order valence-corrected chi connectivity index (χ1v) is 11.8. The summed E-state index contributed by atoms with van der Waals surface area (Å²) in [7, 11) is -3.56. The molecule has 1 aromatic heterocycles. The molecular formula is C22H26N4O3S. The first-order chi connectivity index (χ1) is 14.5. The molecule has 0 radical (unpaired) electrons. The molecular weight excluding hydrogens is 400 g/mol. The van der Waals surface area contributed by atoms with Gasteiger partial charge in [0.1, 0.15) is 5.82 Å². The van der Waals surface area contributed by atoms with Crippen LogP contribution in [0.4, 0.5) is 0 Å². The number of benzene rings is 2. The number of fused-ring (bicyclic) bond motifs is 2. The average molecular weight is 427 g/mol. The Bertz CT molecular complexity index is 1120. The fourth-order valence-corrected chi connectivity index (χ4v) is 4.90. The molecule has 0 saturated heterocycles. The van der Waals surface area contributed by atoms with Gasteiger partial charge in [0.15, 0.2) is 0 Å². The molecule has 30 heavy (non-hydrogen) atoms. The van der Waals surface area contributed by atoms with Crippen LogP contribution < -0.4 is 10.0 Å². The third kappa shape index (κ3) is 4.88. The van der Waals surface area contributed by atoms with Gasteiger partial charge in [-0.05, 0) is 67.5 Å². The fourth-order valence-electron chi connectivity index (χ4n) is 3.78. The molecule has 158 valence electrons. The van der Waals surface area contributed by atoms with Crippen molar-refractivity contribution in [2.45, 2.75) is 50.0 Å². The number of aromatic amines is 1. The molecule has 1 aliphatic rings. The molecule has 7 nitrogen and oxygen atoms in total. The molecule has 0 spiro atoms. The summed E-state index contributed by atoms with van der Waals surface area (Å²) in [6.45, 7) is 0.534. The van der Waals surface area contributed by atoms with E-state index in [4.69, 9.17) is 0 Å². The normalized spacial score (nSPS) is 13.9. The van der Waals surface area contributed by atoms with Crippen molar-refractivity contribution in [3.63, 3.8) is 0 Å². The van der Waals surface area contributed by atoms with E-state index in [1.54, 1.807) is 12.1 Å². The summed E-state index contributed by atoms with van der Waals surface area (Å²) in [5.74, 6) is 0.557. The Morgan fingerprint density at radius 1 is 1.07 bits per heavy atom. The number of carbonyl (C=O) groups is 1. The zero-order valence-electron chi connectivity index (χ0n) is 16.8. The van der Waals surface area contributed by atoms with Crippen molar-refractivity contribution >= 4 is 27.0 Å². The number of amides is 1. The van der Waals surface area contributed by atoms with Crippen molar-refractivity contribution in [2.75, 3.05) is 6.54 Å². The Morgan fingerprint density at radius 2 is 1.87 bits per heavy atom. The Labute approximate surface area is 176 Å². The standard InChI is InChI=1S/C22H26N4O3S/c27-22(23-15-21-25-19-8-3-4-9-20(19)26-21)10-5-13-24-30(28,29)18-12-11-16-6-1-2-7-17(16)14-18/h3-4,8-9,11-12,14,24H,1-2,5-7,10,13,15H2,(H,23,27)(H,25,26). The quantitative estimate of drug-likeness (QED) is 0.482. The minimum atomic E-state index is -3.56. The topological polar surface area (TPSA) is 104 Å². The van der Waals surface area contributed by atoms with Gasteiger partial charge in [0.25, 0.3) is 0 Å². The van der Waals surface area contributed by atoms with E-state index in [0.717, 1.165) is 42.3 Å². The van der Waals surface area contributed by atoms with Crippen LogP contribution in [0.15, 0.2) is 47.4 Å². The highest BCUT2D eigenvalue weighted by Crippen LogP contribution is 2.24. The maximum Gasteiger partial charge on any atom is 0.240 e. The van der Waals surface area contributed by atoms with Crippen molar-refractivity contribution in [1.29, 1.82) is 0 Å². The first-order valence-electron chi connectivity index (χ1n) is 10.3. The second-order valence-electron chi connectivity index (χ2n) is 7.62. The summed E-state index contributed by atoms with van der Waals surface area (Å²) in [6, 6.07) is 13.1. The number of aromatic nitrogens is 2. The smallest absolute Gasteiger partial charge is 0.240 e. The molecule has 3 N–H and O–H groups in total. The lowest BCUT2D eigenvalue weighted by molar-refractivity contribution is -0.121. The molecule has 1 heterocycles. The van der Waals surface area contributed by atoms with Gasteiger partial charge in [-0.15, -0.1) is 0 Å². The summed E-state index contributed by atoms with van der Waals surface area (Å²) in [6.07, 6.45) is 4.89. The van der Waals surface area contributed by atoms with Crippen molar-refractivity contribution in [3.05, 3.63) is 59.4 Å². The average Bonchev–Trinajstić information content (AvgIpc) is 3.18. The van der Waals surface area contributed by atoms with Gasteiger partial charge < -0.3 is 10.3 Å². The van der Waals surface area contributed by atoms with Crippen molar-refractivity contribution < 1.29 is 13.2 Å². The van der Waals surface area contributed by atoms with Crippen LogP contribution in [0.25, 0.3) is 11.0 Å². The van der Waals surface area contributed by atoms with E-state index in [-0.39, 0.29) is 18.9 Å². The van der Waals surface area contributed by atoms with Gasteiger partial charge in [-0.3, -0.25) is 4.79 Å². The monoisotopic (exact) mass is 426 g/mol. The lowest BCUT2D eigenvalue weighted by Crippen LogP contribution is -2.28. The second-order valence-corrected chi connectivity index (χ2v) is 9.38. The number of carbonyl (C=O) groups excluding carboxylic acids is 1. The molecule has 0 atom stereocenters. The Hall–Kier alpha value is -2.71. The molecule has 1 aliphatic carbocycles. The van der Waals surface area contributed by atoms with E-state index in [9.17, 15) is 13.2 Å². The number of imidazole rings is 1. The number of nitrogens with zero attached hydrogens (tertiary/aromatic N) is 1. The third-order valence-corrected chi connectivity index (χ3v) is 6.85. The Kier molecular flexibility index (Phi) is 6.15. The molecule has 0 saturated carbocycles. The van der Waals surface area contributed by atoms with Gasteiger partial charge in [-0.2, -0.15) is 0 Å². The van der Waals surface area contributed by atoms with Crippen LogP contribution in [0.5, 0.6) is 0 Å². The fraction of sp³-hybridized carbons (Fsp3) is 0.364. The number of nitrogens with one attached hydrogen (secondary N) is 3. The molecule has 2 aromatic carbocycles. The lowest BCUT2D eigenvalue weighted by Gasteiger charge is -2.16. The summed E-state index contributed by atoms with van der Waals surface area (Å²) < 4.78 is 27.7. The predicted octanol–water partition coefficient (Wildman–Crippen LogP) is 2.82. The summed E-state index contributed by atoms with van der Waals surface area (Å²) in [5.41, 5.74) is 4.17. The number of aryl methyl sites for hydroxylation is 2. The summed E-state index contributed by atoms with van der Waals surface area (Å²) in [4.78, 5) is 19.9. The van der Waals surface area contributed by atoms with Crippen LogP contribution in [0.1, 0.15) is 42.6 Å². The van der Waals surface area contributed by atoms with Gasteiger partial charge in [-0.25, -0.2) is 18.1 Å². The molecule has 0 aliphatic heterocycles. The molecule has 8 heteroatoms. The molecule has 0 bridgehead atoms. The van der Waals surface area contributed by atoms with Crippen LogP contribution >= 0.6 is 0 Å². The number of H-pyrrole nitrogens is 1. The van der Waals surface area contributed by atoms with Gasteiger partial charge in [0.05, 0.1) is 22.5 Å². The number of sulfonamides is 1.